The Morgan fingerprint density at radius 3 is 2.21 bits per heavy atom. The van der Waals surface area contributed by atoms with Gasteiger partial charge in [-0.05, 0) is 36.4 Å². The fourth-order valence-electron chi connectivity index (χ4n) is 1.10. The minimum Gasteiger partial charge on any atom is -0.508 e. The second kappa shape index (κ2) is 3.64. The molecule has 0 aliphatic carbocycles. The normalized spacial score (nSPS) is 10.1. The van der Waals surface area contributed by atoms with Gasteiger partial charge < -0.3 is 5.11 Å². The fraction of sp³-hybridized carbons (Fsp3) is 0. The third-order valence-corrected chi connectivity index (χ3v) is 2.00. The summed E-state index contributed by atoms with van der Waals surface area (Å²) in [5.74, 6) is 0.232. The molecule has 1 aromatic carbocycles. The van der Waals surface area contributed by atoms with Crippen LogP contribution in [0.25, 0.3) is 11.3 Å². The van der Waals surface area contributed by atoms with E-state index in [0.29, 0.717) is 5.15 Å². The van der Waals surface area contributed by atoms with Crippen LogP contribution in [0.5, 0.6) is 5.75 Å². The van der Waals surface area contributed by atoms with Gasteiger partial charge in [-0.1, -0.05) is 11.6 Å². The van der Waals surface area contributed by atoms with Crippen LogP contribution in [0.3, 0.4) is 0 Å². The molecule has 1 aromatic heterocycles. The minimum absolute atomic E-state index is 0.232. The fourth-order valence-corrected chi connectivity index (χ4v) is 1.20. The Balaban J connectivity index is 2.40. The first-order valence-electron chi connectivity index (χ1n) is 4.04. The molecule has 0 spiro atoms. The van der Waals surface area contributed by atoms with Crippen molar-refractivity contribution in [2.75, 3.05) is 0 Å². The largest absolute Gasteiger partial charge is 0.508 e. The molecule has 0 atom stereocenters. The van der Waals surface area contributed by atoms with Gasteiger partial charge in [-0.25, -0.2) is 0 Å². The van der Waals surface area contributed by atoms with Gasteiger partial charge in [0.05, 0.1) is 5.69 Å². The monoisotopic (exact) mass is 206 g/mol. The van der Waals surface area contributed by atoms with Crippen LogP contribution in [0.2, 0.25) is 5.15 Å². The van der Waals surface area contributed by atoms with Crippen molar-refractivity contribution in [3.63, 3.8) is 0 Å². The number of halogens is 1. The minimum atomic E-state index is 0.232. The van der Waals surface area contributed by atoms with Crippen LogP contribution >= 0.6 is 11.6 Å². The van der Waals surface area contributed by atoms with E-state index in [4.69, 9.17) is 16.7 Å². The van der Waals surface area contributed by atoms with Crippen molar-refractivity contribution in [2.24, 2.45) is 0 Å². The Morgan fingerprint density at radius 2 is 1.64 bits per heavy atom. The van der Waals surface area contributed by atoms with E-state index < -0.39 is 0 Å². The SMILES string of the molecule is Oc1ccc(-c2ccc(Cl)nn2)cc1. The van der Waals surface area contributed by atoms with Crippen LogP contribution in [0, 0.1) is 0 Å². The third kappa shape index (κ3) is 1.83. The van der Waals surface area contributed by atoms with Gasteiger partial charge in [0.25, 0.3) is 0 Å². The van der Waals surface area contributed by atoms with Gasteiger partial charge >= 0.3 is 0 Å². The lowest BCUT2D eigenvalue weighted by Gasteiger charge is -1.99. The average Bonchev–Trinajstić information content (AvgIpc) is 2.21. The molecule has 2 aromatic rings. The number of phenolic OH excluding ortho intramolecular Hbond substituents is 1. The number of benzene rings is 1. The molecule has 70 valence electrons. The van der Waals surface area contributed by atoms with Crippen LogP contribution < -0.4 is 0 Å². The molecule has 0 radical (unpaired) electrons. The summed E-state index contributed by atoms with van der Waals surface area (Å²) in [5.41, 5.74) is 1.63. The quantitative estimate of drug-likeness (QED) is 0.780. The highest BCUT2D eigenvalue weighted by atomic mass is 35.5. The molecule has 0 aliphatic heterocycles. The average molecular weight is 207 g/mol. The van der Waals surface area contributed by atoms with Crippen LogP contribution in [0.1, 0.15) is 0 Å². The van der Waals surface area contributed by atoms with Gasteiger partial charge in [-0.15, -0.1) is 10.2 Å². The predicted octanol–water partition coefficient (Wildman–Crippen LogP) is 2.50. The Kier molecular flexibility index (Phi) is 2.33. The standard InChI is InChI=1S/C10H7ClN2O/c11-10-6-5-9(12-13-10)7-1-3-8(14)4-2-7/h1-6,14H. The third-order valence-electron chi connectivity index (χ3n) is 1.80. The zero-order chi connectivity index (χ0) is 9.97. The van der Waals surface area contributed by atoms with E-state index in [0.717, 1.165) is 11.3 Å². The van der Waals surface area contributed by atoms with Gasteiger partial charge in [0, 0.05) is 5.56 Å². The smallest absolute Gasteiger partial charge is 0.151 e. The molecule has 1 N–H and O–H groups in total. The first kappa shape index (κ1) is 8.97. The summed E-state index contributed by atoms with van der Waals surface area (Å²) in [4.78, 5) is 0. The zero-order valence-corrected chi connectivity index (χ0v) is 7.94. The molecule has 0 bridgehead atoms. The molecule has 0 saturated carbocycles. The number of aromatic nitrogens is 2. The van der Waals surface area contributed by atoms with E-state index in [2.05, 4.69) is 10.2 Å². The molecule has 3 nitrogen and oxygen atoms in total. The highest BCUT2D eigenvalue weighted by Crippen LogP contribution is 2.19. The molecule has 0 amide bonds. The summed E-state index contributed by atoms with van der Waals surface area (Å²) < 4.78 is 0. The highest BCUT2D eigenvalue weighted by Gasteiger charge is 1.99. The molecule has 14 heavy (non-hydrogen) atoms. The van der Waals surface area contributed by atoms with Crippen LogP contribution in [-0.4, -0.2) is 15.3 Å². The van der Waals surface area contributed by atoms with Crippen LogP contribution in [-0.2, 0) is 0 Å². The zero-order valence-electron chi connectivity index (χ0n) is 7.18. The maximum atomic E-state index is 9.09. The van der Waals surface area contributed by atoms with Gasteiger partial charge in [0.15, 0.2) is 5.15 Å². The molecule has 1 heterocycles. The Hall–Kier alpha value is -1.61. The number of phenols is 1. The molecule has 0 fully saturated rings. The van der Waals surface area contributed by atoms with Crippen molar-refractivity contribution >= 4 is 11.6 Å². The lowest BCUT2D eigenvalue weighted by Crippen LogP contribution is -1.86. The Bertz CT molecular complexity index is 381. The van der Waals surface area contributed by atoms with Crippen molar-refractivity contribution in [3.8, 4) is 17.0 Å². The van der Waals surface area contributed by atoms with Crippen molar-refractivity contribution in [3.05, 3.63) is 41.6 Å². The van der Waals surface area contributed by atoms with E-state index in [1.165, 1.54) is 0 Å². The summed E-state index contributed by atoms with van der Waals surface area (Å²) >= 11 is 5.61. The van der Waals surface area contributed by atoms with Crippen molar-refractivity contribution < 1.29 is 5.11 Å². The first-order valence-corrected chi connectivity index (χ1v) is 4.42. The second-order valence-electron chi connectivity index (χ2n) is 2.79. The number of hydrogen-bond donors (Lipinski definition) is 1. The van der Waals surface area contributed by atoms with Gasteiger partial charge in [-0.3, -0.25) is 0 Å². The summed E-state index contributed by atoms with van der Waals surface area (Å²) in [5, 5.41) is 17.1. The molecular formula is C10H7ClN2O. The maximum Gasteiger partial charge on any atom is 0.151 e. The number of nitrogens with zero attached hydrogens (tertiary/aromatic N) is 2. The lowest BCUT2D eigenvalue weighted by molar-refractivity contribution is 0.475. The molecule has 4 heteroatoms. The van der Waals surface area contributed by atoms with E-state index >= 15 is 0 Å². The highest BCUT2D eigenvalue weighted by molar-refractivity contribution is 6.29. The molecule has 0 unspecified atom stereocenters. The maximum absolute atomic E-state index is 9.09. The second-order valence-corrected chi connectivity index (χ2v) is 3.18. The topological polar surface area (TPSA) is 46.0 Å². The van der Waals surface area contributed by atoms with Crippen LogP contribution in [0.4, 0.5) is 0 Å². The van der Waals surface area contributed by atoms with Crippen molar-refractivity contribution in [1.82, 2.24) is 10.2 Å². The molecule has 0 saturated heterocycles. The predicted molar refractivity (Wildman–Crippen MR) is 54.1 cm³/mol. The van der Waals surface area contributed by atoms with Gasteiger partial charge in [-0.2, -0.15) is 0 Å². The van der Waals surface area contributed by atoms with Crippen LogP contribution in [0.15, 0.2) is 36.4 Å². The molecule has 0 aliphatic rings. The van der Waals surface area contributed by atoms with E-state index in [1.54, 1.807) is 36.4 Å². The van der Waals surface area contributed by atoms with Crippen molar-refractivity contribution in [2.45, 2.75) is 0 Å². The summed E-state index contributed by atoms with van der Waals surface area (Å²) in [6.45, 7) is 0. The van der Waals surface area contributed by atoms with Gasteiger partial charge in [0.1, 0.15) is 5.75 Å². The van der Waals surface area contributed by atoms with Crippen molar-refractivity contribution in [1.29, 1.82) is 0 Å². The van der Waals surface area contributed by atoms with E-state index in [-0.39, 0.29) is 5.75 Å². The number of hydrogen-bond acceptors (Lipinski definition) is 3. The van der Waals surface area contributed by atoms with Gasteiger partial charge in [0.2, 0.25) is 0 Å². The Labute approximate surface area is 86.0 Å². The summed E-state index contributed by atoms with van der Waals surface area (Å²) in [6.07, 6.45) is 0. The molecule has 2 rings (SSSR count). The summed E-state index contributed by atoms with van der Waals surface area (Å²) in [6, 6.07) is 10.2. The van der Waals surface area contributed by atoms with E-state index in [9.17, 15) is 0 Å². The summed E-state index contributed by atoms with van der Waals surface area (Å²) in [7, 11) is 0. The number of rotatable bonds is 1. The van der Waals surface area contributed by atoms with E-state index in [1.807, 2.05) is 0 Å². The Morgan fingerprint density at radius 1 is 0.929 bits per heavy atom. The molecular weight excluding hydrogens is 200 g/mol. The lowest BCUT2D eigenvalue weighted by atomic mass is 10.1. The number of aromatic hydroxyl groups is 1. The first-order chi connectivity index (χ1) is 6.75.